The van der Waals surface area contributed by atoms with E-state index in [1.807, 2.05) is 0 Å². The topological polar surface area (TPSA) is 113 Å². The highest BCUT2D eigenvalue weighted by Crippen LogP contribution is 2.27. The Morgan fingerprint density at radius 1 is 0.871 bits per heavy atom. The minimum atomic E-state index is -1.11. The number of carboxylic acids is 1. The average Bonchev–Trinajstić information content (AvgIpc) is 2.79. The van der Waals surface area contributed by atoms with Crippen LogP contribution in [0.1, 0.15) is 26.3 Å². The van der Waals surface area contributed by atoms with E-state index in [4.69, 9.17) is 4.74 Å². The summed E-state index contributed by atoms with van der Waals surface area (Å²) in [6.45, 7) is 0. The number of nitrogens with one attached hydrogen (secondary N) is 1. The molecular weight excluding hydrogens is 398 g/mol. The first-order valence-corrected chi connectivity index (χ1v) is 9.49. The fourth-order valence-electron chi connectivity index (χ4n) is 3.26. The molecule has 0 saturated heterocycles. The lowest BCUT2D eigenvalue weighted by Gasteiger charge is -2.18. The predicted octanol–water partition coefficient (Wildman–Crippen LogP) is 3.27. The lowest BCUT2D eigenvalue weighted by Crippen LogP contribution is -2.43. The number of hydrogen-bond acceptors (Lipinski definition) is 5. The number of phenolic OH excluding ortho intramolecular Hbond substituents is 1. The van der Waals surface area contributed by atoms with Crippen LogP contribution in [0.4, 0.5) is 0 Å². The summed E-state index contributed by atoms with van der Waals surface area (Å²) in [5.74, 6) is -2.17. The molecule has 7 heteroatoms. The van der Waals surface area contributed by atoms with Gasteiger partial charge in [0, 0.05) is 12.0 Å². The number of hydrogen-bond donors (Lipinski definition) is 3. The van der Waals surface area contributed by atoms with Crippen molar-refractivity contribution in [2.24, 2.45) is 0 Å². The van der Waals surface area contributed by atoms with Crippen LogP contribution in [0.3, 0.4) is 0 Å². The number of rotatable bonds is 7. The maximum absolute atomic E-state index is 13.1. The molecule has 1 amide bonds. The van der Waals surface area contributed by atoms with Gasteiger partial charge in [0.2, 0.25) is 0 Å². The van der Waals surface area contributed by atoms with Gasteiger partial charge in [0.1, 0.15) is 11.8 Å². The summed E-state index contributed by atoms with van der Waals surface area (Å²) in [6, 6.07) is 18.3. The highest BCUT2D eigenvalue weighted by atomic mass is 16.5. The predicted molar refractivity (Wildman–Crippen MR) is 114 cm³/mol. The van der Waals surface area contributed by atoms with Crippen molar-refractivity contribution in [3.63, 3.8) is 0 Å². The molecular formula is C24H21NO6. The number of carbonyl (C=O) groups is 3. The number of amides is 1. The summed E-state index contributed by atoms with van der Waals surface area (Å²) < 4.78 is 4.83. The van der Waals surface area contributed by atoms with Crippen LogP contribution < -0.4 is 5.32 Å². The Morgan fingerprint density at radius 3 is 2.00 bits per heavy atom. The van der Waals surface area contributed by atoms with E-state index >= 15 is 0 Å². The first kappa shape index (κ1) is 21.6. The Balaban J connectivity index is 1.92. The summed E-state index contributed by atoms with van der Waals surface area (Å²) >= 11 is 0. The van der Waals surface area contributed by atoms with Crippen molar-refractivity contribution in [1.82, 2.24) is 5.32 Å². The normalized spacial score (nSPS) is 11.4. The Bertz CT molecular complexity index is 1110. The van der Waals surface area contributed by atoms with Crippen LogP contribution in [0.2, 0.25) is 0 Å². The first-order valence-electron chi connectivity index (χ1n) is 9.49. The van der Waals surface area contributed by atoms with E-state index in [0.717, 1.165) is 5.56 Å². The van der Waals surface area contributed by atoms with Crippen LogP contribution in [0.5, 0.6) is 5.75 Å². The molecule has 0 saturated carbocycles. The molecule has 3 N–H and O–H groups in total. The number of carbonyl (C=O) groups excluding carboxylic acids is 2. The number of carboxylic acid groups (broad SMARTS) is 1. The number of benzene rings is 3. The van der Waals surface area contributed by atoms with Gasteiger partial charge in [-0.15, -0.1) is 0 Å². The molecule has 0 fully saturated rings. The van der Waals surface area contributed by atoms with Gasteiger partial charge < -0.3 is 20.3 Å². The Kier molecular flexibility index (Phi) is 6.67. The number of aromatic carboxylic acids is 1. The van der Waals surface area contributed by atoms with Crippen molar-refractivity contribution in [3.05, 3.63) is 89.5 Å². The molecule has 3 rings (SSSR count). The van der Waals surface area contributed by atoms with Gasteiger partial charge in [-0.3, -0.25) is 4.79 Å². The first-order chi connectivity index (χ1) is 14.9. The van der Waals surface area contributed by atoms with Crippen molar-refractivity contribution < 1.29 is 29.3 Å². The van der Waals surface area contributed by atoms with Gasteiger partial charge in [-0.25, -0.2) is 9.59 Å². The van der Waals surface area contributed by atoms with Gasteiger partial charge >= 0.3 is 11.9 Å². The summed E-state index contributed by atoms with van der Waals surface area (Å²) in [7, 11) is 1.23. The zero-order valence-corrected chi connectivity index (χ0v) is 16.7. The van der Waals surface area contributed by atoms with Gasteiger partial charge in [-0.2, -0.15) is 0 Å². The molecule has 3 aromatic rings. The van der Waals surface area contributed by atoms with Crippen LogP contribution in [0.25, 0.3) is 11.1 Å². The molecule has 0 heterocycles. The van der Waals surface area contributed by atoms with Crippen molar-refractivity contribution >= 4 is 17.8 Å². The lowest BCUT2D eigenvalue weighted by molar-refractivity contribution is -0.142. The van der Waals surface area contributed by atoms with Gasteiger partial charge in [-0.05, 0) is 41.0 Å². The van der Waals surface area contributed by atoms with Crippen molar-refractivity contribution in [2.45, 2.75) is 12.5 Å². The molecule has 1 atom stereocenters. The quantitative estimate of drug-likeness (QED) is 0.507. The summed E-state index contributed by atoms with van der Waals surface area (Å²) in [6.07, 6.45) is 0.159. The van der Waals surface area contributed by atoms with Crippen LogP contribution in [0, 0.1) is 0 Å². The minimum absolute atomic E-state index is 0.0661. The molecule has 0 aliphatic rings. The summed E-state index contributed by atoms with van der Waals surface area (Å²) in [5.41, 5.74) is 1.85. The monoisotopic (exact) mass is 419 g/mol. The van der Waals surface area contributed by atoms with Crippen molar-refractivity contribution in [2.75, 3.05) is 7.11 Å². The van der Waals surface area contributed by atoms with Crippen LogP contribution in [-0.4, -0.2) is 41.2 Å². The highest BCUT2D eigenvalue weighted by molar-refractivity contribution is 6.05. The molecule has 0 aliphatic carbocycles. The van der Waals surface area contributed by atoms with Crippen molar-refractivity contribution in [1.29, 1.82) is 0 Å². The zero-order chi connectivity index (χ0) is 22.4. The standard InChI is InChI=1S/C24H21NO6/c1-31-24(30)21(14-15-10-12-16(26)13-11-15)25-22(27)19-8-4-2-6-17(19)18-7-3-5-9-20(18)23(28)29/h2-13,21,26H,14H2,1H3,(H,25,27)(H,28,29)/t21-/m0/s1. The molecule has 0 aromatic heterocycles. The number of methoxy groups -OCH3 is 1. The maximum Gasteiger partial charge on any atom is 0.336 e. The molecule has 0 radical (unpaired) electrons. The van der Waals surface area contributed by atoms with Gasteiger partial charge in [0.25, 0.3) is 5.91 Å². The molecule has 158 valence electrons. The van der Waals surface area contributed by atoms with E-state index < -0.39 is 23.9 Å². The Morgan fingerprint density at radius 2 is 1.42 bits per heavy atom. The molecule has 7 nitrogen and oxygen atoms in total. The Hall–Kier alpha value is -4.13. The molecule has 0 spiro atoms. The largest absolute Gasteiger partial charge is 0.508 e. The molecule has 31 heavy (non-hydrogen) atoms. The summed E-state index contributed by atoms with van der Waals surface area (Å²) in [5, 5.41) is 21.6. The zero-order valence-electron chi connectivity index (χ0n) is 16.7. The number of phenols is 1. The van der Waals surface area contributed by atoms with Gasteiger partial charge in [0.05, 0.1) is 12.7 Å². The Labute approximate surface area is 178 Å². The smallest absolute Gasteiger partial charge is 0.336 e. The molecule has 0 unspecified atom stereocenters. The third kappa shape index (κ3) is 5.08. The number of ether oxygens (including phenoxy) is 1. The molecule has 3 aromatic carbocycles. The van der Waals surface area contributed by atoms with Crippen LogP contribution in [0.15, 0.2) is 72.8 Å². The minimum Gasteiger partial charge on any atom is -0.508 e. The van der Waals surface area contributed by atoms with Crippen molar-refractivity contribution in [3.8, 4) is 16.9 Å². The SMILES string of the molecule is COC(=O)[C@H](Cc1ccc(O)cc1)NC(=O)c1ccccc1-c1ccccc1C(=O)O. The molecule has 0 aliphatic heterocycles. The van der Waals surface area contributed by atoms with E-state index in [1.54, 1.807) is 54.6 Å². The highest BCUT2D eigenvalue weighted by Gasteiger charge is 2.25. The van der Waals surface area contributed by atoms with E-state index in [9.17, 15) is 24.6 Å². The van der Waals surface area contributed by atoms with E-state index in [-0.39, 0.29) is 23.3 Å². The van der Waals surface area contributed by atoms with E-state index in [1.165, 1.54) is 25.3 Å². The van der Waals surface area contributed by atoms with Crippen LogP contribution >= 0.6 is 0 Å². The van der Waals surface area contributed by atoms with E-state index in [2.05, 4.69) is 5.32 Å². The summed E-state index contributed by atoms with van der Waals surface area (Å²) in [4.78, 5) is 37.0. The fourth-order valence-corrected chi connectivity index (χ4v) is 3.26. The fraction of sp³-hybridized carbons (Fsp3) is 0.125. The number of esters is 1. The second kappa shape index (κ2) is 9.58. The van der Waals surface area contributed by atoms with Crippen LogP contribution in [-0.2, 0) is 16.0 Å². The third-order valence-electron chi connectivity index (χ3n) is 4.79. The maximum atomic E-state index is 13.1. The second-order valence-electron chi connectivity index (χ2n) is 6.82. The van der Waals surface area contributed by atoms with Gasteiger partial charge in [0.15, 0.2) is 0 Å². The second-order valence-corrected chi connectivity index (χ2v) is 6.82. The van der Waals surface area contributed by atoms with E-state index in [0.29, 0.717) is 11.1 Å². The number of aromatic hydroxyl groups is 1. The van der Waals surface area contributed by atoms with Gasteiger partial charge in [-0.1, -0.05) is 48.5 Å². The lowest BCUT2D eigenvalue weighted by atomic mass is 9.94. The third-order valence-corrected chi connectivity index (χ3v) is 4.79. The average molecular weight is 419 g/mol. The molecule has 0 bridgehead atoms.